The van der Waals surface area contributed by atoms with Crippen LogP contribution in [0.1, 0.15) is 26.3 Å². The molecule has 0 aliphatic carbocycles. The highest BCUT2D eigenvalue weighted by Gasteiger charge is 2.15. The van der Waals surface area contributed by atoms with Crippen molar-refractivity contribution in [3.8, 4) is 0 Å². The lowest BCUT2D eigenvalue weighted by Gasteiger charge is -2.11. The molecule has 1 aromatic carbocycles. The van der Waals surface area contributed by atoms with Crippen LogP contribution >= 0.6 is 0 Å². The molecule has 0 saturated heterocycles. The minimum Gasteiger partial charge on any atom is -0.377 e. The van der Waals surface area contributed by atoms with E-state index < -0.39 is 15.8 Å². The SMILES string of the molecule is CCNCc1cc(S(=O)(=O)NCCOC(C)C)ccc1F. The molecule has 0 spiro atoms. The molecule has 0 aromatic heterocycles. The summed E-state index contributed by atoms with van der Waals surface area (Å²) in [7, 11) is -3.65. The van der Waals surface area contributed by atoms with Crippen molar-refractivity contribution in [2.24, 2.45) is 0 Å². The van der Waals surface area contributed by atoms with Crippen LogP contribution in [0.5, 0.6) is 0 Å². The zero-order valence-electron chi connectivity index (χ0n) is 12.6. The predicted octanol–water partition coefficient (Wildman–Crippen LogP) is 1.64. The topological polar surface area (TPSA) is 67.4 Å². The fourth-order valence-corrected chi connectivity index (χ4v) is 2.73. The third kappa shape index (κ3) is 6.09. The monoisotopic (exact) mass is 318 g/mol. The average Bonchev–Trinajstić information content (AvgIpc) is 2.42. The van der Waals surface area contributed by atoms with Crippen LogP contribution in [0.2, 0.25) is 0 Å². The molecule has 1 rings (SSSR count). The van der Waals surface area contributed by atoms with Crippen LogP contribution in [-0.2, 0) is 21.3 Å². The Morgan fingerprint density at radius 3 is 2.67 bits per heavy atom. The molecule has 0 radical (unpaired) electrons. The standard InChI is InChI=1S/C14H23FN2O3S/c1-4-16-10-12-9-13(5-6-14(12)15)21(18,19)17-7-8-20-11(2)3/h5-6,9,11,16-17H,4,7-8,10H2,1-3H3. The van der Waals surface area contributed by atoms with Crippen LogP contribution < -0.4 is 10.0 Å². The van der Waals surface area contributed by atoms with Gasteiger partial charge in [0.1, 0.15) is 5.82 Å². The van der Waals surface area contributed by atoms with Crippen LogP contribution in [0.4, 0.5) is 4.39 Å². The van der Waals surface area contributed by atoms with Crippen molar-refractivity contribution in [3.63, 3.8) is 0 Å². The molecule has 0 saturated carbocycles. The van der Waals surface area contributed by atoms with Gasteiger partial charge in [-0.15, -0.1) is 0 Å². The molecule has 2 N–H and O–H groups in total. The highest BCUT2D eigenvalue weighted by molar-refractivity contribution is 7.89. The molecule has 0 unspecified atom stereocenters. The summed E-state index contributed by atoms with van der Waals surface area (Å²) in [6.45, 7) is 7.10. The summed E-state index contributed by atoms with van der Waals surface area (Å²) < 4.78 is 45.5. The Bertz CT molecular complexity index is 547. The molecule has 21 heavy (non-hydrogen) atoms. The molecule has 7 heteroatoms. The van der Waals surface area contributed by atoms with Crippen molar-refractivity contribution in [2.75, 3.05) is 19.7 Å². The summed E-state index contributed by atoms with van der Waals surface area (Å²) >= 11 is 0. The summed E-state index contributed by atoms with van der Waals surface area (Å²) in [4.78, 5) is 0.0568. The second-order valence-corrected chi connectivity index (χ2v) is 6.62. The van der Waals surface area contributed by atoms with Gasteiger partial charge in [-0.2, -0.15) is 0 Å². The Balaban J connectivity index is 2.73. The van der Waals surface area contributed by atoms with Crippen LogP contribution in [0, 0.1) is 5.82 Å². The maximum atomic E-state index is 13.6. The van der Waals surface area contributed by atoms with Gasteiger partial charge in [0.15, 0.2) is 0 Å². The van der Waals surface area contributed by atoms with Gasteiger partial charge in [0.25, 0.3) is 0 Å². The fourth-order valence-electron chi connectivity index (χ4n) is 1.67. The van der Waals surface area contributed by atoms with Crippen LogP contribution in [0.25, 0.3) is 0 Å². The molecule has 0 amide bonds. The Kier molecular flexibility index (Phi) is 7.24. The van der Waals surface area contributed by atoms with Gasteiger partial charge < -0.3 is 10.1 Å². The van der Waals surface area contributed by atoms with Gasteiger partial charge in [0, 0.05) is 18.7 Å². The Morgan fingerprint density at radius 2 is 2.05 bits per heavy atom. The second-order valence-electron chi connectivity index (χ2n) is 4.85. The first-order chi connectivity index (χ1) is 9.86. The number of hydrogen-bond donors (Lipinski definition) is 2. The number of hydrogen-bond acceptors (Lipinski definition) is 4. The van der Waals surface area contributed by atoms with E-state index in [0.29, 0.717) is 25.3 Å². The van der Waals surface area contributed by atoms with Gasteiger partial charge in [0.2, 0.25) is 10.0 Å². The number of sulfonamides is 1. The van der Waals surface area contributed by atoms with E-state index in [1.807, 2.05) is 20.8 Å². The first-order valence-corrected chi connectivity index (χ1v) is 8.45. The zero-order chi connectivity index (χ0) is 15.9. The molecule has 120 valence electrons. The number of halogens is 1. The first-order valence-electron chi connectivity index (χ1n) is 6.97. The lowest BCUT2D eigenvalue weighted by atomic mass is 10.2. The van der Waals surface area contributed by atoms with E-state index in [0.717, 1.165) is 0 Å². The molecule has 0 aliphatic rings. The van der Waals surface area contributed by atoms with Crippen molar-refractivity contribution >= 4 is 10.0 Å². The quantitative estimate of drug-likeness (QED) is 0.679. The number of nitrogens with one attached hydrogen (secondary N) is 2. The Morgan fingerprint density at radius 1 is 1.33 bits per heavy atom. The summed E-state index contributed by atoms with van der Waals surface area (Å²) in [5.74, 6) is -0.418. The van der Waals surface area contributed by atoms with Crippen LogP contribution in [0.3, 0.4) is 0 Å². The minimum absolute atomic E-state index is 0.0482. The van der Waals surface area contributed by atoms with Gasteiger partial charge in [-0.25, -0.2) is 17.5 Å². The van der Waals surface area contributed by atoms with E-state index in [-0.39, 0.29) is 17.5 Å². The summed E-state index contributed by atoms with van der Waals surface area (Å²) in [5, 5.41) is 2.97. The maximum absolute atomic E-state index is 13.6. The van der Waals surface area contributed by atoms with Crippen LogP contribution in [0.15, 0.2) is 23.1 Å². The average molecular weight is 318 g/mol. The first kappa shape index (κ1) is 18.0. The van der Waals surface area contributed by atoms with E-state index in [4.69, 9.17) is 4.74 Å². The largest absolute Gasteiger partial charge is 0.377 e. The molecule has 0 bridgehead atoms. The van der Waals surface area contributed by atoms with E-state index in [9.17, 15) is 12.8 Å². The van der Waals surface area contributed by atoms with Gasteiger partial charge in [-0.1, -0.05) is 6.92 Å². The Labute approximate surface area is 125 Å². The van der Waals surface area contributed by atoms with Crippen molar-refractivity contribution in [3.05, 3.63) is 29.6 Å². The van der Waals surface area contributed by atoms with Gasteiger partial charge >= 0.3 is 0 Å². The lowest BCUT2D eigenvalue weighted by Crippen LogP contribution is -2.28. The van der Waals surface area contributed by atoms with E-state index in [2.05, 4.69) is 10.0 Å². The van der Waals surface area contributed by atoms with E-state index >= 15 is 0 Å². The zero-order valence-corrected chi connectivity index (χ0v) is 13.5. The third-order valence-corrected chi connectivity index (χ3v) is 4.20. The molecule has 1 aromatic rings. The van der Waals surface area contributed by atoms with Gasteiger partial charge in [0.05, 0.1) is 17.6 Å². The summed E-state index contributed by atoms with van der Waals surface area (Å²) in [6, 6.07) is 3.78. The lowest BCUT2D eigenvalue weighted by molar-refractivity contribution is 0.0834. The molecule has 0 atom stereocenters. The third-order valence-electron chi connectivity index (χ3n) is 2.74. The van der Waals surface area contributed by atoms with Crippen molar-refractivity contribution in [2.45, 2.75) is 38.3 Å². The van der Waals surface area contributed by atoms with Crippen molar-refractivity contribution in [1.82, 2.24) is 10.0 Å². The fraction of sp³-hybridized carbons (Fsp3) is 0.571. The summed E-state index contributed by atoms with van der Waals surface area (Å²) in [5.41, 5.74) is 0.332. The molecule has 5 nitrogen and oxygen atoms in total. The smallest absolute Gasteiger partial charge is 0.240 e. The Hall–Kier alpha value is -1.02. The molecule has 0 heterocycles. The highest BCUT2D eigenvalue weighted by atomic mass is 32.2. The molecular weight excluding hydrogens is 295 g/mol. The maximum Gasteiger partial charge on any atom is 0.240 e. The second kappa shape index (κ2) is 8.43. The summed E-state index contributed by atoms with van der Waals surface area (Å²) in [6.07, 6.45) is 0.0482. The highest BCUT2D eigenvalue weighted by Crippen LogP contribution is 2.15. The molecular formula is C14H23FN2O3S. The number of ether oxygens (including phenoxy) is 1. The van der Waals surface area contributed by atoms with Crippen molar-refractivity contribution < 1.29 is 17.5 Å². The van der Waals surface area contributed by atoms with E-state index in [1.54, 1.807) is 0 Å². The van der Waals surface area contributed by atoms with Crippen molar-refractivity contribution in [1.29, 1.82) is 0 Å². The van der Waals surface area contributed by atoms with Crippen LogP contribution in [-0.4, -0.2) is 34.2 Å². The molecule has 0 fully saturated rings. The predicted molar refractivity (Wildman–Crippen MR) is 80.1 cm³/mol. The number of rotatable bonds is 9. The van der Waals surface area contributed by atoms with Gasteiger partial charge in [-0.3, -0.25) is 0 Å². The normalized spacial score (nSPS) is 12.0. The van der Waals surface area contributed by atoms with Gasteiger partial charge in [-0.05, 0) is 38.6 Å². The van der Waals surface area contributed by atoms with E-state index in [1.165, 1.54) is 18.2 Å². The number of benzene rings is 1. The minimum atomic E-state index is -3.65. The molecule has 0 aliphatic heterocycles.